The van der Waals surface area contributed by atoms with Crippen LogP contribution in [0.15, 0.2) is 27.6 Å². The normalized spacial score (nSPS) is 15.3. The first-order chi connectivity index (χ1) is 13.8. The summed E-state index contributed by atoms with van der Waals surface area (Å²) in [5.74, 6) is 0.867. The predicted molar refractivity (Wildman–Crippen MR) is 109 cm³/mol. The first-order valence-corrected chi connectivity index (χ1v) is 11.2. The van der Waals surface area contributed by atoms with Gasteiger partial charge in [0.1, 0.15) is 11.5 Å². The van der Waals surface area contributed by atoms with Gasteiger partial charge < -0.3 is 14.6 Å². The standard InChI is InChI=1S/C20H27N3O5S/c1-14-17(15(2)28-22-14)8-10-20(24)21-18-13-16(7-9-19(18)27-3)29(25,26)23-11-5-4-6-12-23/h7,9,13H,4-6,8,10-12H2,1-3H3,(H,21,24). The van der Waals surface area contributed by atoms with Crippen LogP contribution >= 0.6 is 0 Å². The molecule has 0 spiro atoms. The van der Waals surface area contributed by atoms with Gasteiger partial charge >= 0.3 is 0 Å². The minimum absolute atomic E-state index is 0.154. The van der Waals surface area contributed by atoms with Gasteiger partial charge in [0, 0.05) is 25.1 Å². The van der Waals surface area contributed by atoms with E-state index >= 15 is 0 Å². The van der Waals surface area contributed by atoms with Crippen LogP contribution in [0, 0.1) is 13.8 Å². The van der Waals surface area contributed by atoms with E-state index < -0.39 is 10.0 Å². The molecule has 158 valence electrons. The van der Waals surface area contributed by atoms with Crippen molar-refractivity contribution in [3.05, 3.63) is 35.2 Å². The highest BCUT2D eigenvalue weighted by molar-refractivity contribution is 7.89. The van der Waals surface area contributed by atoms with E-state index in [9.17, 15) is 13.2 Å². The van der Waals surface area contributed by atoms with Crippen LogP contribution in [0.4, 0.5) is 5.69 Å². The molecule has 0 radical (unpaired) electrons. The number of nitrogens with one attached hydrogen (secondary N) is 1. The Balaban J connectivity index is 1.75. The topological polar surface area (TPSA) is 102 Å². The molecule has 1 aliphatic rings. The van der Waals surface area contributed by atoms with Crippen LogP contribution in [0.3, 0.4) is 0 Å². The van der Waals surface area contributed by atoms with Crippen molar-refractivity contribution in [3.8, 4) is 5.75 Å². The van der Waals surface area contributed by atoms with Crippen molar-refractivity contribution in [2.45, 2.75) is 50.8 Å². The van der Waals surface area contributed by atoms with Gasteiger partial charge in [0.15, 0.2) is 0 Å². The van der Waals surface area contributed by atoms with Crippen molar-refractivity contribution < 1.29 is 22.5 Å². The lowest BCUT2D eigenvalue weighted by atomic mass is 10.1. The fourth-order valence-corrected chi connectivity index (χ4v) is 5.05. The molecule has 9 heteroatoms. The number of hydrogen-bond acceptors (Lipinski definition) is 6. The van der Waals surface area contributed by atoms with E-state index in [4.69, 9.17) is 9.26 Å². The molecular formula is C20H27N3O5S. The highest BCUT2D eigenvalue weighted by Crippen LogP contribution is 2.30. The van der Waals surface area contributed by atoms with Crippen molar-refractivity contribution in [1.29, 1.82) is 0 Å². The SMILES string of the molecule is COc1ccc(S(=O)(=O)N2CCCCC2)cc1NC(=O)CCc1c(C)noc1C. The van der Waals surface area contributed by atoms with Crippen molar-refractivity contribution >= 4 is 21.6 Å². The molecule has 2 heterocycles. The van der Waals surface area contributed by atoms with Gasteiger partial charge in [-0.1, -0.05) is 11.6 Å². The van der Waals surface area contributed by atoms with Crippen molar-refractivity contribution in [1.82, 2.24) is 9.46 Å². The van der Waals surface area contributed by atoms with E-state index in [1.807, 2.05) is 13.8 Å². The highest BCUT2D eigenvalue weighted by atomic mass is 32.2. The first kappa shape index (κ1) is 21.3. The van der Waals surface area contributed by atoms with Gasteiger partial charge in [-0.05, 0) is 51.3 Å². The Labute approximate surface area is 171 Å². The molecule has 2 aromatic rings. The third kappa shape index (κ3) is 4.79. The maximum atomic E-state index is 12.9. The van der Waals surface area contributed by atoms with Gasteiger partial charge in [-0.2, -0.15) is 4.31 Å². The second-order valence-corrected chi connectivity index (χ2v) is 9.12. The summed E-state index contributed by atoms with van der Waals surface area (Å²) in [6.07, 6.45) is 3.47. The number of ether oxygens (including phenoxy) is 1. The monoisotopic (exact) mass is 421 g/mol. The molecule has 3 rings (SSSR count). The Morgan fingerprint density at radius 1 is 1.24 bits per heavy atom. The van der Waals surface area contributed by atoms with E-state index in [1.165, 1.54) is 23.5 Å². The Morgan fingerprint density at radius 3 is 2.59 bits per heavy atom. The number of rotatable bonds is 7. The molecule has 29 heavy (non-hydrogen) atoms. The fourth-order valence-electron chi connectivity index (χ4n) is 3.51. The van der Waals surface area contributed by atoms with Crippen molar-refractivity contribution in [3.63, 3.8) is 0 Å². The number of anilines is 1. The molecule has 0 bridgehead atoms. The maximum Gasteiger partial charge on any atom is 0.243 e. The van der Waals surface area contributed by atoms with Crippen LogP contribution in [0.25, 0.3) is 0 Å². The molecule has 1 amide bonds. The van der Waals surface area contributed by atoms with Gasteiger partial charge in [-0.3, -0.25) is 4.79 Å². The number of sulfonamides is 1. The summed E-state index contributed by atoms with van der Waals surface area (Å²) in [7, 11) is -2.12. The summed E-state index contributed by atoms with van der Waals surface area (Å²) in [6, 6.07) is 4.56. The van der Waals surface area contributed by atoms with E-state index in [1.54, 1.807) is 6.07 Å². The minimum atomic E-state index is -3.60. The summed E-state index contributed by atoms with van der Waals surface area (Å²) in [5.41, 5.74) is 2.02. The second-order valence-electron chi connectivity index (χ2n) is 7.18. The van der Waals surface area contributed by atoms with Gasteiger partial charge in [0.25, 0.3) is 0 Å². The Morgan fingerprint density at radius 2 is 1.97 bits per heavy atom. The molecular weight excluding hydrogens is 394 g/mol. The van der Waals surface area contributed by atoms with Crippen LogP contribution in [0.1, 0.15) is 42.7 Å². The number of nitrogens with zero attached hydrogens (tertiary/aromatic N) is 2. The van der Waals surface area contributed by atoms with Gasteiger partial charge in [-0.15, -0.1) is 0 Å². The second kappa shape index (κ2) is 8.96. The summed E-state index contributed by atoms with van der Waals surface area (Å²) in [6.45, 7) is 4.69. The van der Waals surface area contributed by atoms with E-state index in [0.717, 1.165) is 30.5 Å². The zero-order chi connectivity index (χ0) is 21.0. The Kier molecular flexibility index (Phi) is 6.59. The highest BCUT2D eigenvalue weighted by Gasteiger charge is 2.27. The minimum Gasteiger partial charge on any atom is -0.495 e. The molecule has 1 saturated heterocycles. The molecule has 0 unspecified atom stereocenters. The molecule has 0 saturated carbocycles. The van der Waals surface area contributed by atoms with Gasteiger partial charge in [0.2, 0.25) is 15.9 Å². The number of aromatic nitrogens is 1. The molecule has 0 aliphatic carbocycles. The zero-order valence-electron chi connectivity index (χ0n) is 17.0. The largest absolute Gasteiger partial charge is 0.495 e. The number of methoxy groups -OCH3 is 1. The lowest BCUT2D eigenvalue weighted by Crippen LogP contribution is -2.35. The van der Waals surface area contributed by atoms with Gasteiger partial charge in [-0.25, -0.2) is 8.42 Å². The summed E-state index contributed by atoms with van der Waals surface area (Å²) >= 11 is 0. The average molecular weight is 422 g/mol. The van der Waals surface area contributed by atoms with Gasteiger partial charge in [0.05, 0.1) is 23.4 Å². The van der Waals surface area contributed by atoms with E-state index in [-0.39, 0.29) is 17.2 Å². The lowest BCUT2D eigenvalue weighted by molar-refractivity contribution is -0.116. The Bertz CT molecular complexity index is 958. The summed E-state index contributed by atoms with van der Waals surface area (Å²) in [5, 5.41) is 6.67. The zero-order valence-corrected chi connectivity index (χ0v) is 17.8. The van der Waals surface area contributed by atoms with Crippen LogP contribution in [-0.2, 0) is 21.2 Å². The molecule has 1 aromatic carbocycles. The first-order valence-electron chi connectivity index (χ1n) is 9.72. The maximum absolute atomic E-state index is 12.9. The third-order valence-electron chi connectivity index (χ3n) is 5.18. The average Bonchev–Trinajstić information content (AvgIpc) is 3.04. The number of benzene rings is 1. The molecule has 0 atom stereocenters. The predicted octanol–water partition coefficient (Wildman–Crippen LogP) is 3.05. The molecule has 1 N–H and O–H groups in total. The lowest BCUT2D eigenvalue weighted by Gasteiger charge is -2.26. The van der Waals surface area contributed by atoms with Crippen molar-refractivity contribution in [2.24, 2.45) is 0 Å². The molecule has 1 aliphatic heterocycles. The van der Waals surface area contributed by atoms with E-state index in [0.29, 0.717) is 36.7 Å². The number of amides is 1. The van der Waals surface area contributed by atoms with Crippen LogP contribution in [0.5, 0.6) is 5.75 Å². The number of aryl methyl sites for hydroxylation is 2. The fraction of sp³-hybridized carbons (Fsp3) is 0.500. The van der Waals surface area contributed by atoms with Crippen LogP contribution < -0.4 is 10.1 Å². The van der Waals surface area contributed by atoms with Crippen LogP contribution in [0.2, 0.25) is 0 Å². The third-order valence-corrected chi connectivity index (χ3v) is 7.08. The summed E-state index contributed by atoms with van der Waals surface area (Å²) in [4.78, 5) is 12.6. The number of carbonyl (C=O) groups excluding carboxylic acids is 1. The number of piperidine rings is 1. The molecule has 1 fully saturated rings. The quantitative estimate of drug-likeness (QED) is 0.737. The molecule has 1 aromatic heterocycles. The molecule has 8 nitrogen and oxygen atoms in total. The van der Waals surface area contributed by atoms with E-state index in [2.05, 4.69) is 10.5 Å². The van der Waals surface area contributed by atoms with Crippen LogP contribution in [-0.4, -0.2) is 44.0 Å². The Hall–Kier alpha value is -2.39. The van der Waals surface area contributed by atoms with Crippen molar-refractivity contribution in [2.75, 3.05) is 25.5 Å². The smallest absolute Gasteiger partial charge is 0.243 e. The summed E-state index contributed by atoms with van der Waals surface area (Å²) < 4.78 is 37.8. The number of hydrogen-bond donors (Lipinski definition) is 1. The number of carbonyl (C=O) groups is 1.